The fourth-order valence-corrected chi connectivity index (χ4v) is 2.47. The van der Waals surface area contributed by atoms with Gasteiger partial charge >= 0.3 is 0 Å². The molecule has 108 valence electrons. The maximum atomic E-state index is 13.7. The zero-order chi connectivity index (χ0) is 15.1. The van der Waals surface area contributed by atoms with Crippen molar-refractivity contribution >= 4 is 17.3 Å². The molecule has 0 bridgehead atoms. The molecule has 2 aromatic rings. The molecule has 3 rings (SSSR count). The molecule has 1 heterocycles. The van der Waals surface area contributed by atoms with Crippen molar-refractivity contribution in [2.75, 3.05) is 17.2 Å². The molecular weight excluding hydrogens is 281 g/mol. The van der Waals surface area contributed by atoms with E-state index in [1.54, 1.807) is 18.2 Å². The molecule has 1 amide bonds. The summed E-state index contributed by atoms with van der Waals surface area (Å²) in [6.07, 6.45) is 0.581. The van der Waals surface area contributed by atoms with E-state index in [0.29, 0.717) is 24.3 Å². The topological polar surface area (TPSA) is 46.3 Å². The molecule has 1 aliphatic heterocycles. The number of carbonyl (C=O) groups is 1. The standard InChI is InChI=1S/C15H11F3N2O/c16-11-3-2-10(13(17)14(11)18)15(21)20-6-5-8-7-9(19)1-4-12(8)20/h1-4,7H,5-6,19H2. The molecule has 0 unspecified atom stereocenters. The number of nitrogen functional groups attached to an aromatic ring is 1. The quantitative estimate of drug-likeness (QED) is 0.649. The second kappa shape index (κ2) is 4.80. The minimum atomic E-state index is -1.64. The number of benzene rings is 2. The summed E-state index contributed by atoms with van der Waals surface area (Å²) in [6.45, 7) is 0.343. The van der Waals surface area contributed by atoms with E-state index in [9.17, 15) is 18.0 Å². The Morgan fingerprint density at radius 2 is 1.86 bits per heavy atom. The number of anilines is 2. The fourth-order valence-electron chi connectivity index (χ4n) is 2.47. The summed E-state index contributed by atoms with van der Waals surface area (Å²) in [5.41, 5.74) is 7.23. The highest BCUT2D eigenvalue weighted by molar-refractivity contribution is 6.07. The summed E-state index contributed by atoms with van der Waals surface area (Å²) >= 11 is 0. The van der Waals surface area contributed by atoms with Crippen molar-refractivity contribution in [3.63, 3.8) is 0 Å². The summed E-state index contributed by atoms with van der Waals surface area (Å²) in [6, 6.07) is 6.72. The van der Waals surface area contributed by atoms with Crippen LogP contribution >= 0.6 is 0 Å². The van der Waals surface area contributed by atoms with Gasteiger partial charge in [-0.15, -0.1) is 0 Å². The van der Waals surface area contributed by atoms with Crippen molar-refractivity contribution < 1.29 is 18.0 Å². The molecule has 2 aromatic carbocycles. The van der Waals surface area contributed by atoms with Crippen LogP contribution in [0.1, 0.15) is 15.9 Å². The summed E-state index contributed by atoms with van der Waals surface area (Å²) in [5.74, 6) is -5.13. The third-order valence-electron chi connectivity index (χ3n) is 3.51. The zero-order valence-electron chi connectivity index (χ0n) is 10.9. The van der Waals surface area contributed by atoms with E-state index < -0.39 is 28.9 Å². The first kappa shape index (κ1) is 13.5. The number of nitrogens with two attached hydrogens (primary N) is 1. The summed E-state index contributed by atoms with van der Waals surface area (Å²) < 4.78 is 39.9. The number of hydrogen-bond acceptors (Lipinski definition) is 2. The van der Waals surface area contributed by atoms with Gasteiger partial charge in [0.2, 0.25) is 0 Å². The van der Waals surface area contributed by atoms with Crippen LogP contribution in [0.25, 0.3) is 0 Å². The maximum absolute atomic E-state index is 13.7. The molecule has 0 fully saturated rings. The third kappa shape index (κ3) is 2.12. The number of hydrogen-bond donors (Lipinski definition) is 1. The van der Waals surface area contributed by atoms with E-state index in [0.717, 1.165) is 17.7 Å². The van der Waals surface area contributed by atoms with Crippen LogP contribution in [0, 0.1) is 17.5 Å². The van der Waals surface area contributed by atoms with E-state index >= 15 is 0 Å². The number of halogens is 3. The number of carbonyl (C=O) groups excluding carboxylic acids is 1. The molecule has 0 spiro atoms. The smallest absolute Gasteiger partial charge is 0.261 e. The minimum absolute atomic E-state index is 0.343. The Labute approximate surface area is 118 Å². The second-order valence-corrected chi connectivity index (χ2v) is 4.82. The van der Waals surface area contributed by atoms with Gasteiger partial charge in [-0.25, -0.2) is 13.2 Å². The first-order valence-electron chi connectivity index (χ1n) is 6.33. The number of fused-ring (bicyclic) bond motifs is 1. The third-order valence-corrected chi connectivity index (χ3v) is 3.51. The van der Waals surface area contributed by atoms with Gasteiger partial charge in [-0.3, -0.25) is 4.79 Å². The highest BCUT2D eigenvalue weighted by Gasteiger charge is 2.28. The first-order valence-corrected chi connectivity index (χ1v) is 6.33. The van der Waals surface area contributed by atoms with Crippen LogP contribution in [-0.4, -0.2) is 12.5 Å². The molecule has 21 heavy (non-hydrogen) atoms. The van der Waals surface area contributed by atoms with Crippen LogP contribution in [0.4, 0.5) is 24.5 Å². The van der Waals surface area contributed by atoms with Gasteiger partial charge in [0.05, 0.1) is 5.56 Å². The molecule has 0 radical (unpaired) electrons. The largest absolute Gasteiger partial charge is 0.399 e. The van der Waals surface area contributed by atoms with E-state index in [2.05, 4.69) is 0 Å². The van der Waals surface area contributed by atoms with Gasteiger partial charge in [0.1, 0.15) is 0 Å². The Balaban J connectivity index is 2.01. The van der Waals surface area contributed by atoms with E-state index in [-0.39, 0.29) is 0 Å². The highest BCUT2D eigenvalue weighted by Crippen LogP contribution is 2.31. The Bertz CT molecular complexity index is 746. The normalized spacial score (nSPS) is 13.4. The van der Waals surface area contributed by atoms with Gasteiger partial charge in [-0.1, -0.05) is 0 Å². The van der Waals surface area contributed by atoms with Gasteiger partial charge in [0.25, 0.3) is 5.91 Å². The van der Waals surface area contributed by atoms with Crippen LogP contribution in [0.5, 0.6) is 0 Å². The molecule has 6 heteroatoms. The van der Waals surface area contributed by atoms with Crippen LogP contribution in [0.2, 0.25) is 0 Å². The van der Waals surface area contributed by atoms with Crippen LogP contribution < -0.4 is 10.6 Å². The Kier molecular flexibility index (Phi) is 3.08. The average Bonchev–Trinajstić information content (AvgIpc) is 2.87. The van der Waals surface area contributed by atoms with Crippen molar-refractivity contribution in [2.45, 2.75) is 6.42 Å². The van der Waals surface area contributed by atoms with E-state index in [1.807, 2.05) is 0 Å². The SMILES string of the molecule is Nc1ccc2c(c1)CCN2C(=O)c1ccc(F)c(F)c1F. The van der Waals surface area contributed by atoms with Crippen LogP contribution in [-0.2, 0) is 6.42 Å². The Morgan fingerprint density at radius 1 is 1.10 bits per heavy atom. The molecule has 0 saturated carbocycles. The van der Waals surface area contributed by atoms with Crippen molar-refractivity contribution in [3.8, 4) is 0 Å². The number of amides is 1. The average molecular weight is 292 g/mol. The summed E-state index contributed by atoms with van der Waals surface area (Å²) in [4.78, 5) is 13.7. The summed E-state index contributed by atoms with van der Waals surface area (Å²) in [5, 5.41) is 0. The second-order valence-electron chi connectivity index (χ2n) is 4.82. The lowest BCUT2D eigenvalue weighted by atomic mass is 10.1. The molecular formula is C15H11F3N2O. The Hall–Kier alpha value is -2.50. The minimum Gasteiger partial charge on any atom is -0.399 e. The highest BCUT2D eigenvalue weighted by atomic mass is 19.2. The molecule has 0 atom stereocenters. The number of nitrogens with zero attached hydrogens (tertiary/aromatic N) is 1. The predicted molar refractivity (Wildman–Crippen MR) is 72.6 cm³/mol. The lowest BCUT2D eigenvalue weighted by molar-refractivity contribution is 0.0984. The van der Waals surface area contributed by atoms with Gasteiger partial charge in [0, 0.05) is 17.9 Å². The van der Waals surface area contributed by atoms with Crippen LogP contribution in [0.3, 0.4) is 0 Å². The van der Waals surface area contributed by atoms with Crippen molar-refractivity contribution in [2.24, 2.45) is 0 Å². The lowest BCUT2D eigenvalue weighted by Crippen LogP contribution is -2.30. The van der Waals surface area contributed by atoms with E-state index in [4.69, 9.17) is 5.73 Å². The van der Waals surface area contributed by atoms with E-state index in [1.165, 1.54) is 4.90 Å². The Morgan fingerprint density at radius 3 is 2.62 bits per heavy atom. The maximum Gasteiger partial charge on any atom is 0.261 e. The first-order chi connectivity index (χ1) is 9.99. The molecule has 0 aromatic heterocycles. The van der Waals surface area contributed by atoms with Crippen molar-refractivity contribution in [1.82, 2.24) is 0 Å². The monoisotopic (exact) mass is 292 g/mol. The van der Waals surface area contributed by atoms with Crippen molar-refractivity contribution in [3.05, 3.63) is 58.9 Å². The lowest BCUT2D eigenvalue weighted by Gasteiger charge is -2.18. The predicted octanol–water partition coefficient (Wildman–Crippen LogP) is 2.89. The fraction of sp³-hybridized carbons (Fsp3) is 0.133. The van der Waals surface area contributed by atoms with Gasteiger partial charge < -0.3 is 10.6 Å². The van der Waals surface area contributed by atoms with Gasteiger partial charge in [-0.05, 0) is 42.3 Å². The zero-order valence-corrected chi connectivity index (χ0v) is 10.9. The molecule has 2 N–H and O–H groups in total. The summed E-state index contributed by atoms with van der Waals surface area (Å²) in [7, 11) is 0. The molecule has 1 aliphatic rings. The van der Waals surface area contributed by atoms with Crippen LogP contribution in [0.15, 0.2) is 30.3 Å². The van der Waals surface area contributed by atoms with Gasteiger partial charge in [-0.2, -0.15) is 0 Å². The van der Waals surface area contributed by atoms with Crippen molar-refractivity contribution in [1.29, 1.82) is 0 Å². The molecule has 0 aliphatic carbocycles. The number of rotatable bonds is 1. The van der Waals surface area contributed by atoms with Gasteiger partial charge in [0.15, 0.2) is 17.5 Å². The molecule has 0 saturated heterocycles. The molecule has 3 nitrogen and oxygen atoms in total.